The summed E-state index contributed by atoms with van der Waals surface area (Å²) in [5.41, 5.74) is 1.32. The normalized spacial score (nSPS) is 12.0. The van der Waals surface area contributed by atoms with E-state index in [1.165, 1.54) is 4.68 Å². The second-order valence-corrected chi connectivity index (χ2v) is 6.14. The summed E-state index contributed by atoms with van der Waals surface area (Å²) in [7, 11) is 0. The Kier molecular flexibility index (Phi) is 5.17. The van der Waals surface area contributed by atoms with Crippen LogP contribution in [0.3, 0.4) is 0 Å². The topological polar surface area (TPSA) is 129 Å². The molecule has 1 amide bonds. The van der Waals surface area contributed by atoms with Gasteiger partial charge in [0, 0.05) is 0 Å². The van der Waals surface area contributed by atoms with Crippen LogP contribution in [-0.2, 0) is 6.54 Å². The number of hydrogen-bond donors (Lipinski definition) is 1. The van der Waals surface area contributed by atoms with E-state index >= 15 is 0 Å². The maximum Gasteiger partial charge on any atom is 0.408 e. The third-order valence-electron chi connectivity index (χ3n) is 3.89. The first-order valence-corrected chi connectivity index (χ1v) is 8.30. The van der Waals surface area contributed by atoms with Gasteiger partial charge >= 0.3 is 17.6 Å². The SMILES string of the molecule is Cc1c(Cl)c([N+](=O)[O-])nn1Cc1noc(C(=O)NC(C)c2ccccc2)n1. The number of halogens is 1. The lowest BCUT2D eigenvalue weighted by atomic mass is 10.1. The summed E-state index contributed by atoms with van der Waals surface area (Å²) in [6, 6.07) is 9.17. The number of carbonyl (C=O) groups excluding carboxylic acids is 1. The van der Waals surface area contributed by atoms with Gasteiger partial charge in [-0.3, -0.25) is 4.79 Å². The van der Waals surface area contributed by atoms with Crippen molar-refractivity contribution in [1.82, 2.24) is 25.2 Å². The predicted molar refractivity (Wildman–Crippen MR) is 94.4 cm³/mol. The van der Waals surface area contributed by atoms with Gasteiger partial charge in [0.05, 0.1) is 16.8 Å². The van der Waals surface area contributed by atoms with Crippen molar-refractivity contribution in [2.75, 3.05) is 0 Å². The number of rotatable bonds is 6. The number of nitrogens with one attached hydrogen (secondary N) is 1. The van der Waals surface area contributed by atoms with Crippen LogP contribution in [0, 0.1) is 17.0 Å². The lowest BCUT2D eigenvalue weighted by Crippen LogP contribution is -2.26. The van der Waals surface area contributed by atoms with Crippen molar-refractivity contribution in [2.45, 2.75) is 26.4 Å². The molecule has 140 valence electrons. The van der Waals surface area contributed by atoms with Crippen molar-refractivity contribution in [1.29, 1.82) is 0 Å². The Morgan fingerprint density at radius 1 is 1.41 bits per heavy atom. The highest BCUT2D eigenvalue weighted by Crippen LogP contribution is 2.26. The van der Waals surface area contributed by atoms with Gasteiger partial charge in [-0.2, -0.15) is 9.67 Å². The zero-order valence-corrected chi connectivity index (χ0v) is 15.2. The highest BCUT2D eigenvalue weighted by molar-refractivity contribution is 6.33. The lowest BCUT2D eigenvalue weighted by Gasteiger charge is -2.12. The molecule has 11 heteroatoms. The summed E-state index contributed by atoms with van der Waals surface area (Å²) in [5, 5.41) is 21.1. The fourth-order valence-electron chi connectivity index (χ4n) is 2.41. The zero-order chi connectivity index (χ0) is 19.6. The quantitative estimate of drug-likeness (QED) is 0.505. The van der Waals surface area contributed by atoms with Gasteiger partial charge in [0.25, 0.3) is 0 Å². The predicted octanol–water partition coefficient (Wildman–Crippen LogP) is 2.68. The molecule has 0 fully saturated rings. The first-order valence-electron chi connectivity index (χ1n) is 7.92. The third kappa shape index (κ3) is 3.95. The van der Waals surface area contributed by atoms with Crippen molar-refractivity contribution in [3.63, 3.8) is 0 Å². The second kappa shape index (κ2) is 7.54. The van der Waals surface area contributed by atoms with Gasteiger partial charge < -0.3 is 20.0 Å². The van der Waals surface area contributed by atoms with Gasteiger partial charge in [-0.15, -0.1) is 0 Å². The fourth-order valence-corrected chi connectivity index (χ4v) is 2.61. The molecule has 0 saturated carbocycles. The van der Waals surface area contributed by atoms with Gasteiger partial charge in [0.1, 0.15) is 6.54 Å². The van der Waals surface area contributed by atoms with E-state index in [0.717, 1.165) is 5.56 Å². The molecule has 3 aromatic rings. The van der Waals surface area contributed by atoms with Crippen LogP contribution in [0.2, 0.25) is 5.02 Å². The van der Waals surface area contributed by atoms with Crippen LogP contribution in [0.15, 0.2) is 34.9 Å². The van der Waals surface area contributed by atoms with Crippen LogP contribution < -0.4 is 5.32 Å². The molecule has 27 heavy (non-hydrogen) atoms. The van der Waals surface area contributed by atoms with Crippen LogP contribution in [0.1, 0.15) is 40.7 Å². The van der Waals surface area contributed by atoms with Crippen molar-refractivity contribution >= 4 is 23.3 Å². The van der Waals surface area contributed by atoms with Gasteiger partial charge in [0.15, 0.2) is 10.8 Å². The Balaban J connectivity index is 1.71. The molecule has 0 aliphatic carbocycles. The van der Waals surface area contributed by atoms with Crippen LogP contribution in [0.25, 0.3) is 0 Å². The number of carbonyl (C=O) groups is 1. The van der Waals surface area contributed by atoms with Gasteiger partial charge in [-0.05, 0) is 24.3 Å². The molecule has 1 aromatic carbocycles. The van der Waals surface area contributed by atoms with Crippen molar-refractivity contribution in [2.24, 2.45) is 0 Å². The Morgan fingerprint density at radius 3 is 2.74 bits per heavy atom. The minimum Gasteiger partial charge on any atom is -0.358 e. The molecule has 1 N–H and O–H groups in total. The molecule has 2 heterocycles. The Bertz CT molecular complexity index is 984. The second-order valence-electron chi connectivity index (χ2n) is 5.76. The molecule has 0 saturated heterocycles. The van der Waals surface area contributed by atoms with Crippen molar-refractivity contribution in [3.8, 4) is 0 Å². The van der Waals surface area contributed by atoms with Gasteiger partial charge in [-0.1, -0.05) is 47.1 Å². The molecule has 0 spiro atoms. The average Bonchev–Trinajstić information content (AvgIpc) is 3.23. The molecule has 1 atom stereocenters. The summed E-state index contributed by atoms with van der Waals surface area (Å²) >= 11 is 5.89. The van der Waals surface area contributed by atoms with Crippen molar-refractivity contribution < 1.29 is 14.2 Å². The molecular weight excluding hydrogens is 376 g/mol. The minimum absolute atomic E-state index is 0.0234. The molecular formula is C16H15ClN6O4. The van der Waals surface area contributed by atoms with E-state index in [0.29, 0.717) is 5.69 Å². The van der Waals surface area contributed by atoms with E-state index in [-0.39, 0.29) is 29.3 Å². The number of amides is 1. The standard InChI is InChI=1S/C16H15ClN6O4/c1-9(11-6-4-3-5-7-11)18-15(24)16-19-12(21-27-16)8-22-10(2)13(17)14(20-22)23(25)26/h3-7,9H,8H2,1-2H3,(H,18,24). The summed E-state index contributed by atoms with van der Waals surface area (Å²) in [6.07, 6.45) is 0. The Morgan fingerprint density at radius 2 is 2.11 bits per heavy atom. The number of benzene rings is 1. The molecule has 3 rings (SSSR count). The number of hydrogen-bond acceptors (Lipinski definition) is 7. The van der Waals surface area contributed by atoms with Crippen LogP contribution in [0.5, 0.6) is 0 Å². The molecule has 0 radical (unpaired) electrons. The summed E-state index contributed by atoms with van der Waals surface area (Å²) < 4.78 is 6.26. The van der Waals surface area contributed by atoms with Crippen LogP contribution in [0.4, 0.5) is 5.82 Å². The maximum atomic E-state index is 12.3. The molecule has 0 aliphatic rings. The Hall–Kier alpha value is -3.27. The van der Waals surface area contributed by atoms with Crippen LogP contribution >= 0.6 is 11.6 Å². The van der Waals surface area contributed by atoms with Gasteiger partial charge in [0.2, 0.25) is 0 Å². The number of aromatic nitrogens is 4. The van der Waals surface area contributed by atoms with E-state index in [4.69, 9.17) is 16.1 Å². The fraction of sp³-hybridized carbons (Fsp3) is 0.250. The number of nitrogens with zero attached hydrogens (tertiary/aromatic N) is 5. The molecule has 0 bridgehead atoms. The lowest BCUT2D eigenvalue weighted by molar-refractivity contribution is -0.389. The summed E-state index contributed by atoms with van der Waals surface area (Å²) in [5.74, 6) is -1.04. The van der Waals surface area contributed by atoms with Crippen molar-refractivity contribution in [3.05, 3.63) is 68.4 Å². The van der Waals surface area contributed by atoms with E-state index in [9.17, 15) is 14.9 Å². The average molecular weight is 391 g/mol. The van der Waals surface area contributed by atoms with Crippen LogP contribution in [-0.4, -0.2) is 30.8 Å². The highest BCUT2D eigenvalue weighted by atomic mass is 35.5. The molecule has 10 nitrogen and oxygen atoms in total. The van der Waals surface area contributed by atoms with E-state index < -0.39 is 16.6 Å². The van der Waals surface area contributed by atoms with E-state index in [2.05, 4.69) is 20.6 Å². The third-order valence-corrected chi connectivity index (χ3v) is 4.33. The summed E-state index contributed by atoms with van der Waals surface area (Å²) in [6.45, 7) is 3.39. The van der Waals surface area contributed by atoms with E-state index in [1.807, 2.05) is 37.3 Å². The maximum absolute atomic E-state index is 12.3. The molecule has 0 aliphatic heterocycles. The first-order chi connectivity index (χ1) is 12.9. The Labute approximate surface area is 158 Å². The summed E-state index contributed by atoms with van der Waals surface area (Å²) in [4.78, 5) is 26.5. The minimum atomic E-state index is -0.675. The smallest absolute Gasteiger partial charge is 0.358 e. The van der Waals surface area contributed by atoms with E-state index in [1.54, 1.807) is 6.92 Å². The van der Waals surface area contributed by atoms with Gasteiger partial charge in [-0.25, -0.2) is 0 Å². The zero-order valence-electron chi connectivity index (χ0n) is 14.4. The number of nitro groups is 1. The monoisotopic (exact) mass is 390 g/mol. The molecule has 1 unspecified atom stereocenters. The largest absolute Gasteiger partial charge is 0.408 e. The first kappa shape index (κ1) is 18.5. The highest BCUT2D eigenvalue weighted by Gasteiger charge is 2.25. The molecule has 2 aromatic heterocycles.